The first kappa shape index (κ1) is 16.1. The van der Waals surface area contributed by atoms with Gasteiger partial charge in [-0.05, 0) is 31.0 Å². The lowest BCUT2D eigenvalue weighted by atomic mass is 10.1. The minimum Gasteiger partial charge on any atom is -0.357 e. The molecule has 0 atom stereocenters. The fraction of sp³-hybridized carbons (Fsp3) is 0.417. The van der Waals surface area contributed by atoms with E-state index in [9.17, 15) is 4.39 Å². The van der Waals surface area contributed by atoms with E-state index < -0.39 is 0 Å². The van der Waals surface area contributed by atoms with Crippen molar-refractivity contribution in [1.29, 1.82) is 0 Å². The van der Waals surface area contributed by atoms with Crippen LogP contribution >= 0.6 is 24.0 Å². The van der Waals surface area contributed by atoms with Crippen LogP contribution in [-0.2, 0) is 6.42 Å². The van der Waals surface area contributed by atoms with Crippen molar-refractivity contribution in [2.24, 2.45) is 4.99 Å². The molecule has 0 fully saturated rings. The summed E-state index contributed by atoms with van der Waals surface area (Å²) in [5.74, 6) is 0.590. The van der Waals surface area contributed by atoms with Crippen LogP contribution in [0.25, 0.3) is 0 Å². The third kappa shape index (κ3) is 6.45. The highest BCUT2D eigenvalue weighted by Gasteiger charge is 1.97. The molecule has 0 unspecified atom stereocenters. The van der Waals surface area contributed by atoms with Gasteiger partial charge in [-0.2, -0.15) is 0 Å². The van der Waals surface area contributed by atoms with Crippen LogP contribution in [0.3, 0.4) is 0 Å². The Morgan fingerprint density at radius 3 is 2.71 bits per heavy atom. The summed E-state index contributed by atoms with van der Waals surface area (Å²) in [6, 6.07) is 6.65. The molecule has 0 aliphatic carbocycles. The van der Waals surface area contributed by atoms with E-state index in [4.69, 9.17) is 0 Å². The minimum atomic E-state index is -0.187. The van der Waals surface area contributed by atoms with E-state index in [0.717, 1.165) is 31.0 Å². The standard InChI is InChI=1S/C12H18FN3.HI/c1-3-15-12(14-2)16-8-7-10-5-4-6-11(13)9-10;/h4-6,9H,3,7-8H2,1-2H3,(H2,14,15,16);1H. The smallest absolute Gasteiger partial charge is 0.190 e. The van der Waals surface area contributed by atoms with Gasteiger partial charge in [-0.15, -0.1) is 24.0 Å². The van der Waals surface area contributed by atoms with Crippen molar-refractivity contribution >= 4 is 29.9 Å². The molecule has 1 rings (SSSR count). The number of hydrogen-bond acceptors (Lipinski definition) is 1. The van der Waals surface area contributed by atoms with E-state index in [1.54, 1.807) is 19.2 Å². The fourth-order valence-electron chi connectivity index (χ4n) is 1.41. The number of guanidine groups is 1. The third-order valence-corrected chi connectivity index (χ3v) is 2.16. The number of rotatable bonds is 4. The monoisotopic (exact) mass is 351 g/mol. The number of nitrogens with zero attached hydrogens (tertiary/aromatic N) is 1. The van der Waals surface area contributed by atoms with E-state index in [2.05, 4.69) is 15.6 Å². The molecule has 0 heterocycles. The summed E-state index contributed by atoms with van der Waals surface area (Å²) >= 11 is 0. The van der Waals surface area contributed by atoms with Gasteiger partial charge >= 0.3 is 0 Å². The summed E-state index contributed by atoms with van der Waals surface area (Å²) in [6.07, 6.45) is 0.780. The molecule has 0 bridgehead atoms. The van der Waals surface area contributed by atoms with Crippen LogP contribution in [0, 0.1) is 5.82 Å². The Balaban J connectivity index is 0.00000256. The van der Waals surface area contributed by atoms with Crippen molar-refractivity contribution in [1.82, 2.24) is 10.6 Å². The average molecular weight is 351 g/mol. The maximum Gasteiger partial charge on any atom is 0.190 e. The van der Waals surface area contributed by atoms with E-state index in [-0.39, 0.29) is 29.8 Å². The third-order valence-electron chi connectivity index (χ3n) is 2.16. The molecule has 0 aliphatic heterocycles. The van der Waals surface area contributed by atoms with Crippen LogP contribution in [0.5, 0.6) is 0 Å². The quantitative estimate of drug-likeness (QED) is 0.496. The van der Waals surface area contributed by atoms with E-state index in [1.165, 1.54) is 6.07 Å². The second-order valence-electron chi connectivity index (χ2n) is 3.41. The number of aliphatic imine (C=N–C) groups is 1. The Hall–Kier alpha value is -0.850. The number of nitrogens with one attached hydrogen (secondary N) is 2. The van der Waals surface area contributed by atoms with E-state index in [0.29, 0.717) is 0 Å². The summed E-state index contributed by atoms with van der Waals surface area (Å²) in [4.78, 5) is 4.05. The molecule has 0 amide bonds. The topological polar surface area (TPSA) is 36.4 Å². The van der Waals surface area contributed by atoms with Gasteiger partial charge in [0.1, 0.15) is 5.82 Å². The van der Waals surface area contributed by atoms with Crippen LogP contribution < -0.4 is 10.6 Å². The Labute approximate surface area is 119 Å². The summed E-state index contributed by atoms with van der Waals surface area (Å²) in [7, 11) is 1.73. The van der Waals surface area contributed by atoms with E-state index in [1.807, 2.05) is 13.0 Å². The molecule has 0 radical (unpaired) electrons. The van der Waals surface area contributed by atoms with Gasteiger partial charge in [-0.3, -0.25) is 4.99 Å². The lowest BCUT2D eigenvalue weighted by Crippen LogP contribution is -2.38. The lowest BCUT2D eigenvalue weighted by molar-refractivity contribution is 0.625. The maximum atomic E-state index is 12.9. The van der Waals surface area contributed by atoms with Gasteiger partial charge < -0.3 is 10.6 Å². The number of halogens is 2. The Morgan fingerprint density at radius 1 is 1.35 bits per heavy atom. The Morgan fingerprint density at radius 2 is 2.12 bits per heavy atom. The van der Waals surface area contributed by atoms with E-state index >= 15 is 0 Å². The normalized spacial score (nSPS) is 10.6. The van der Waals surface area contributed by atoms with Crippen LogP contribution in [0.2, 0.25) is 0 Å². The Bertz CT molecular complexity index is 355. The van der Waals surface area contributed by atoms with Crippen molar-refractivity contribution in [3.8, 4) is 0 Å². The van der Waals surface area contributed by atoms with Crippen molar-refractivity contribution in [3.63, 3.8) is 0 Å². The van der Waals surface area contributed by atoms with Gasteiger partial charge in [-0.25, -0.2) is 4.39 Å². The fourth-order valence-corrected chi connectivity index (χ4v) is 1.41. The second-order valence-corrected chi connectivity index (χ2v) is 3.41. The largest absolute Gasteiger partial charge is 0.357 e. The molecule has 0 spiro atoms. The van der Waals surface area contributed by atoms with Crippen LogP contribution in [0.1, 0.15) is 12.5 Å². The van der Waals surface area contributed by atoms with Gasteiger partial charge in [-0.1, -0.05) is 12.1 Å². The van der Waals surface area contributed by atoms with Crippen molar-refractivity contribution < 1.29 is 4.39 Å². The molecular formula is C12H19FIN3. The summed E-state index contributed by atoms with van der Waals surface area (Å²) in [6.45, 7) is 3.59. The van der Waals surface area contributed by atoms with Crippen LogP contribution in [0.15, 0.2) is 29.3 Å². The molecule has 1 aromatic rings. The van der Waals surface area contributed by atoms with Crippen LogP contribution in [-0.4, -0.2) is 26.1 Å². The number of hydrogen-bond donors (Lipinski definition) is 2. The second kappa shape index (κ2) is 9.21. The van der Waals surface area contributed by atoms with Gasteiger partial charge in [0.15, 0.2) is 5.96 Å². The molecule has 0 aliphatic rings. The molecular weight excluding hydrogens is 332 g/mol. The molecule has 1 aromatic carbocycles. The average Bonchev–Trinajstić information content (AvgIpc) is 2.28. The van der Waals surface area contributed by atoms with Crippen molar-refractivity contribution in [2.45, 2.75) is 13.3 Å². The van der Waals surface area contributed by atoms with Gasteiger partial charge in [0.25, 0.3) is 0 Å². The molecule has 96 valence electrons. The zero-order chi connectivity index (χ0) is 11.8. The highest BCUT2D eigenvalue weighted by Crippen LogP contribution is 2.03. The first-order valence-corrected chi connectivity index (χ1v) is 5.45. The molecule has 0 saturated carbocycles. The van der Waals surface area contributed by atoms with Crippen molar-refractivity contribution in [3.05, 3.63) is 35.6 Å². The minimum absolute atomic E-state index is 0. The zero-order valence-corrected chi connectivity index (χ0v) is 12.5. The van der Waals surface area contributed by atoms with Crippen LogP contribution in [0.4, 0.5) is 4.39 Å². The molecule has 2 N–H and O–H groups in total. The molecule has 0 aromatic heterocycles. The predicted octanol–water partition coefficient (Wildman–Crippen LogP) is 2.17. The lowest BCUT2D eigenvalue weighted by Gasteiger charge is -2.09. The summed E-state index contributed by atoms with van der Waals surface area (Å²) in [5.41, 5.74) is 0.986. The summed E-state index contributed by atoms with van der Waals surface area (Å²) in [5, 5.41) is 6.25. The Kier molecular flexibility index (Phi) is 8.75. The highest BCUT2D eigenvalue weighted by atomic mass is 127. The summed E-state index contributed by atoms with van der Waals surface area (Å²) < 4.78 is 12.9. The number of benzene rings is 1. The first-order chi connectivity index (χ1) is 7.76. The maximum absolute atomic E-state index is 12.9. The molecule has 0 saturated heterocycles. The molecule has 3 nitrogen and oxygen atoms in total. The highest BCUT2D eigenvalue weighted by molar-refractivity contribution is 14.0. The predicted molar refractivity (Wildman–Crippen MR) is 80.6 cm³/mol. The van der Waals surface area contributed by atoms with Gasteiger partial charge in [0.2, 0.25) is 0 Å². The van der Waals surface area contributed by atoms with Gasteiger partial charge in [0.05, 0.1) is 0 Å². The first-order valence-electron chi connectivity index (χ1n) is 5.45. The molecule has 17 heavy (non-hydrogen) atoms. The SMILES string of the molecule is CCNC(=NC)NCCc1cccc(F)c1.I. The molecule has 5 heteroatoms. The van der Waals surface area contributed by atoms with Crippen molar-refractivity contribution in [2.75, 3.05) is 20.1 Å². The van der Waals surface area contributed by atoms with Gasteiger partial charge in [0, 0.05) is 20.1 Å². The zero-order valence-electron chi connectivity index (χ0n) is 10.2.